The van der Waals surface area contributed by atoms with Gasteiger partial charge in [0.15, 0.2) is 0 Å². The predicted molar refractivity (Wildman–Crippen MR) is 72.0 cm³/mol. The van der Waals surface area contributed by atoms with Crippen molar-refractivity contribution in [3.8, 4) is 0 Å². The van der Waals surface area contributed by atoms with Gasteiger partial charge in [0.25, 0.3) is 0 Å². The van der Waals surface area contributed by atoms with Crippen LogP contribution in [-0.4, -0.2) is 30.6 Å². The van der Waals surface area contributed by atoms with Gasteiger partial charge in [-0.2, -0.15) is 4.98 Å². The van der Waals surface area contributed by atoms with Crippen molar-refractivity contribution in [3.63, 3.8) is 0 Å². The smallest absolute Gasteiger partial charge is 0.224 e. The van der Waals surface area contributed by atoms with Gasteiger partial charge >= 0.3 is 0 Å². The summed E-state index contributed by atoms with van der Waals surface area (Å²) in [7, 11) is 3.88. The van der Waals surface area contributed by atoms with Crippen molar-refractivity contribution in [1.29, 1.82) is 0 Å². The minimum absolute atomic E-state index is 0.647. The first-order chi connectivity index (χ1) is 7.58. The van der Waals surface area contributed by atoms with E-state index in [0.717, 1.165) is 16.8 Å². The highest BCUT2D eigenvalue weighted by Crippen LogP contribution is 2.24. The fraction of sp³-hybridized carbons (Fsp3) is 0.636. The van der Waals surface area contributed by atoms with Crippen LogP contribution in [0.1, 0.15) is 20.3 Å². The molecule has 0 radical (unpaired) electrons. The molecule has 5 heteroatoms. The van der Waals surface area contributed by atoms with Crippen molar-refractivity contribution in [1.82, 2.24) is 9.97 Å². The summed E-state index contributed by atoms with van der Waals surface area (Å²) in [5, 5.41) is 2.95. The Morgan fingerprint density at radius 1 is 1.56 bits per heavy atom. The molecule has 0 amide bonds. The van der Waals surface area contributed by atoms with Gasteiger partial charge in [-0.25, -0.2) is 4.98 Å². The van der Waals surface area contributed by atoms with Gasteiger partial charge in [0.2, 0.25) is 5.95 Å². The zero-order chi connectivity index (χ0) is 12.1. The summed E-state index contributed by atoms with van der Waals surface area (Å²) in [5.41, 5.74) is 0. The number of nitrogens with zero attached hydrogens (tertiary/aromatic N) is 3. The highest BCUT2D eigenvalue weighted by Gasteiger charge is 2.11. The van der Waals surface area contributed by atoms with E-state index in [2.05, 4.69) is 57.0 Å². The Kier molecular flexibility index (Phi) is 4.99. The first kappa shape index (κ1) is 13.2. The van der Waals surface area contributed by atoms with Gasteiger partial charge in [0.05, 0.1) is 4.47 Å². The SMILES string of the molecule is CCC(C)CN(C)c1nc(NC)ncc1Br. The lowest BCUT2D eigenvalue weighted by molar-refractivity contribution is 0.557. The summed E-state index contributed by atoms with van der Waals surface area (Å²) in [5.74, 6) is 2.23. The Labute approximate surface area is 106 Å². The third-order valence-corrected chi connectivity index (χ3v) is 3.15. The van der Waals surface area contributed by atoms with E-state index < -0.39 is 0 Å². The number of aromatic nitrogens is 2. The van der Waals surface area contributed by atoms with Crippen LogP contribution in [-0.2, 0) is 0 Å². The summed E-state index contributed by atoms with van der Waals surface area (Å²) in [6, 6.07) is 0. The highest BCUT2D eigenvalue weighted by atomic mass is 79.9. The molecule has 1 aromatic rings. The fourth-order valence-corrected chi connectivity index (χ4v) is 1.92. The molecule has 16 heavy (non-hydrogen) atoms. The van der Waals surface area contributed by atoms with E-state index in [-0.39, 0.29) is 0 Å². The second kappa shape index (κ2) is 6.03. The molecule has 0 saturated carbocycles. The molecule has 0 aromatic carbocycles. The topological polar surface area (TPSA) is 41.1 Å². The second-order valence-corrected chi connectivity index (χ2v) is 4.86. The van der Waals surface area contributed by atoms with E-state index in [9.17, 15) is 0 Å². The maximum atomic E-state index is 4.43. The number of rotatable bonds is 5. The van der Waals surface area contributed by atoms with E-state index in [0.29, 0.717) is 11.9 Å². The van der Waals surface area contributed by atoms with Crippen molar-refractivity contribution in [2.45, 2.75) is 20.3 Å². The van der Waals surface area contributed by atoms with Crippen LogP contribution in [0.3, 0.4) is 0 Å². The molecule has 0 aliphatic heterocycles. The Bertz CT molecular complexity index is 343. The van der Waals surface area contributed by atoms with E-state index in [1.165, 1.54) is 6.42 Å². The summed E-state index contributed by atoms with van der Waals surface area (Å²) in [6.07, 6.45) is 2.95. The number of halogens is 1. The fourth-order valence-electron chi connectivity index (χ4n) is 1.43. The van der Waals surface area contributed by atoms with Crippen molar-refractivity contribution in [2.24, 2.45) is 5.92 Å². The maximum Gasteiger partial charge on any atom is 0.224 e. The molecule has 1 N–H and O–H groups in total. The monoisotopic (exact) mass is 286 g/mol. The van der Waals surface area contributed by atoms with Crippen LogP contribution in [0.15, 0.2) is 10.7 Å². The van der Waals surface area contributed by atoms with Crippen molar-refractivity contribution >= 4 is 27.7 Å². The van der Waals surface area contributed by atoms with E-state index in [1.54, 1.807) is 6.20 Å². The number of hydrogen-bond donors (Lipinski definition) is 1. The molecule has 0 aliphatic carbocycles. The molecule has 0 bridgehead atoms. The third-order valence-electron chi connectivity index (χ3n) is 2.59. The molecule has 1 unspecified atom stereocenters. The van der Waals surface area contributed by atoms with Gasteiger partial charge in [0, 0.05) is 26.8 Å². The molecule has 0 fully saturated rings. The van der Waals surface area contributed by atoms with Crippen molar-refractivity contribution < 1.29 is 0 Å². The summed E-state index contributed by atoms with van der Waals surface area (Å²) >= 11 is 3.48. The van der Waals surface area contributed by atoms with Gasteiger partial charge in [-0.1, -0.05) is 20.3 Å². The lowest BCUT2D eigenvalue weighted by atomic mass is 10.1. The molecule has 1 rings (SSSR count). The molecule has 1 aromatic heterocycles. The van der Waals surface area contributed by atoms with Crippen LogP contribution in [0, 0.1) is 5.92 Å². The molecule has 1 heterocycles. The van der Waals surface area contributed by atoms with Gasteiger partial charge in [-0.05, 0) is 21.8 Å². The van der Waals surface area contributed by atoms with Gasteiger partial charge < -0.3 is 10.2 Å². The largest absolute Gasteiger partial charge is 0.358 e. The molecule has 4 nitrogen and oxygen atoms in total. The summed E-state index contributed by atoms with van der Waals surface area (Å²) < 4.78 is 0.928. The number of nitrogens with one attached hydrogen (secondary N) is 1. The Morgan fingerprint density at radius 3 is 2.81 bits per heavy atom. The van der Waals surface area contributed by atoms with E-state index in [4.69, 9.17) is 0 Å². The molecule has 1 atom stereocenters. The Balaban J connectivity index is 2.84. The third kappa shape index (κ3) is 3.33. The summed E-state index contributed by atoms with van der Waals surface area (Å²) in [6.45, 7) is 5.44. The molecule has 0 aliphatic rings. The molecular formula is C11H19BrN4. The quantitative estimate of drug-likeness (QED) is 0.904. The van der Waals surface area contributed by atoms with Gasteiger partial charge in [-0.3, -0.25) is 0 Å². The predicted octanol–water partition coefficient (Wildman–Crippen LogP) is 2.76. The zero-order valence-corrected chi connectivity index (χ0v) is 11.9. The molecular weight excluding hydrogens is 268 g/mol. The Morgan fingerprint density at radius 2 is 2.25 bits per heavy atom. The van der Waals surface area contributed by atoms with Crippen LogP contribution in [0.25, 0.3) is 0 Å². The minimum atomic E-state index is 0.647. The molecule has 0 saturated heterocycles. The zero-order valence-electron chi connectivity index (χ0n) is 10.3. The standard InChI is InChI=1S/C11H19BrN4/c1-5-8(2)7-16(4)10-9(12)6-14-11(13-3)15-10/h6,8H,5,7H2,1-4H3,(H,13,14,15). The summed E-state index contributed by atoms with van der Waals surface area (Å²) in [4.78, 5) is 10.7. The van der Waals surface area contributed by atoms with E-state index in [1.807, 2.05) is 7.05 Å². The lowest BCUT2D eigenvalue weighted by Crippen LogP contribution is -2.25. The van der Waals surface area contributed by atoms with Crippen LogP contribution in [0.2, 0.25) is 0 Å². The van der Waals surface area contributed by atoms with Gasteiger partial charge in [-0.15, -0.1) is 0 Å². The van der Waals surface area contributed by atoms with Crippen molar-refractivity contribution in [2.75, 3.05) is 30.9 Å². The average Bonchev–Trinajstić information content (AvgIpc) is 2.29. The van der Waals surface area contributed by atoms with Crippen LogP contribution < -0.4 is 10.2 Å². The lowest BCUT2D eigenvalue weighted by Gasteiger charge is -2.22. The molecule has 90 valence electrons. The van der Waals surface area contributed by atoms with E-state index >= 15 is 0 Å². The van der Waals surface area contributed by atoms with Crippen LogP contribution in [0.4, 0.5) is 11.8 Å². The minimum Gasteiger partial charge on any atom is -0.358 e. The normalized spacial score (nSPS) is 12.3. The first-order valence-corrected chi connectivity index (χ1v) is 6.29. The van der Waals surface area contributed by atoms with Crippen molar-refractivity contribution in [3.05, 3.63) is 10.7 Å². The van der Waals surface area contributed by atoms with Gasteiger partial charge in [0.1, 0.15) is 5.82 Å². The Hall–Kier alpha value is -0.840. The molecule has 0 spiro atoms. The average molecular weight is 287 g/mol. The maximum absolute atomic E-state index is 4.43. The van der Waals surface area contributed by atoms with Crippen LogP contribution in [0.5, 0.6) is 0 Å². The van der Waals surface area contributed by atoms with Crippen LogP contribution >= 0.6 is 15.9 Å². The highest BCUT2D eigenvalue weighted by molar-refractivity contribution is 9.10. The second-order valence-electron chi connectivity index (χ2n) is 4.01. The number of anilines is 2. The first-order valence-electron chi connectivity index (χ1n) is 5.49. The number of hydrogen-bond acceptors (Lipinski definition) is 4.